The molecule has 0 heterocycles. The van der Waals surface area contributed by atoms with Gasteiger partial charge in [0, 0.05) is 13.2 Å². The Kier molecular flexibility index (Phi) is 4.31. The van der Waals surface area contributed by atoms with Crippen LogP contribution in [-0.2, 0) is 4.74 Å². The van der Waals surface area contributed by atoms with E-state index in [-0.39, 0.29) is 11.5 Å². The molecule has 0 radical (unpaired) electrons. The number of hydrogen-bond acceptors (Lipinski definition) is 2. The highest BCUT2D eigenvalue weighted by molar-refractivity contribution is 5.94. The molecule has 1 aliphatic rings. The molecule has 4 heteroatoms. The average molecular weight is 251 g/mol. The van der Waals surface area contributed by atoms with Crippen LogP contribution in [0.5, 0.6) is 0 Å². The maximum Gasteiger partial charge on any atom is 0.254 e. The molecule has 0 aromatic heterocycles. The Labute approximate surface area is 106 Å². The number of hydrogen-bond donors (Lipinski definition) is 1. The van der Waals surface area contributed by atoms with E-state index in [9.17, 15) is 9.18 Å². The van der Waals surface area contributed by atoms with Crippen LogP contribution in [0.25, 0.3) is 0 Å². The summed E-state index contributed by atoms with van der Waals surface area (Å²) in [5.74, 6) is -0.155. The fourth-order valence-electron chi connectivity index (χ4n) is 1.68. The molecule has 1 aromatic carbocycles. The van der Waals surface area contributed by atoms with E-state index in [4.69, 9.17) is 4.74 Å². The summed E-state index contributed by atoms with van der Waals surface area (Å²) in [5.41, 5.74) is 0.962. The molecule has 18 heavy (non-hydrogen) atoms. The Morgan fingerprint density at radius 1 is 1.50 bits per heavy atom. The number of rotatable bonds is 6. The van der Waals surface area contributed by atoms with E-state index in [0.29, 0.717) is 13.2 Å². The van der Waals surface area contributed by atoms with Crippen LogP contribution in [0.15, 0.2) is 18.2 Å². The summed E-state index contributed by atoms with van der Waals surface area (Å²) in [4.78, 5) is 11.7. The second kappa shape index (κ2) is 5.96. The fraction of sp³-hybridized carbons (Fsp3) is 0.500. The third kappa shape index (κ3) is 3.81. The Morgan fingerprint density at radius 2 is 2.28 bits per heavy atom. The third-order valence-electron chi connectivity index (χ3n) is 2.95. The lowest BCUT2D eigenvalue weighted by molar-refractivity contribution is 0.0902. The highest BCUT2D eigenvalue weighted by Crippen LogP contribution is 2.28. The molecule has 0 bridgehead atoms. The summed E-state index contributed by atoms with van der Waals surface area (Å²) >= 11 is 0. The van der Waals surface area contributed by atoms with Gasteiger partial charge in [0.25, 0.3) is 5.91 Å². The van der Waals surface area contributed by atoms with Crippen molar-refractivity contribution in [3.05, 3.63) is 35.1 Å². The van der Waals surface area contributed by atoms with Crippen molar-refractivity contribution in [2.75, 3.05) is 19.8 Å². The van der Waals surface area contributed by atoms with E-state index in [2.05, 4.69) is 5.32 Å². The zero-order valence-electron chi connectivity index (χ0n) is 10.5. The van der Waals surface area contributed by atoms with Crippen LogP contribution >= 0.6 is 0 Å². The number of carbonyl (C=O) groups is 1. The minimum absolute atomic E-state index is 0.0946. The van der Waals surface area contributed by atoms with Crippen molar-refractivity contribution >= 4 is 5.91 Å². The van der Waals surface area contributed by atoms with Gasteiger partial charge in [0.1, 0.15) is 5.82 Å². The molecule has 0 atom stereocenters. The first kappa shape index (κ1) is 13.0. The SMILES string of the molecule is Cc1ccc(F)c(C(=O)NCCOCC2CC2)c1. The number of carbonyl (C=O) groups excluding carboxylic acids is 1. The number of ether oxygens (including phenoxy) is 1. The zero-order chi connectivity index (χ0) is 13.0. The van der Waals surface area contributed by atoms with Crippen LogP contribution in [0.2, 0.25) is 0 Å². The van der Waals surface area contributed by atoms with E-state index in [1.807, 2.05) is 6.92 Å². The number of benzene rings is 1. The third-order valence-corrected chi connectivity index (χ3v) is 2.95. The maximum atomic E-state index is 13.4. The molecule has 0 spiro atoms. The Hall–Kier alpha value is -1.42. The summed E-state index contributed by atoms with van der Waals surface area (Å²) < 4.78 is 18.8. The van der Waals surface area contributed by atoms with Gasteiger partial charge in [0.05, 0.1) is 12.2 Å². The molecule has 0 saturated heterocycles. The van der Waals surface area contributed by atoms with Gasteiger partial charge in [-0.1, -0.05) is 11.6 Å². The maximum absolute atomic E-state index is 13.4. The normalized spacial score (nSPS) is 14.6. The predicted molar refractivity (Wildman–Crippen MR) is 67.0 cm³/mol. The van der Waals surface area contributed by atoms with Gasteiger partial charge in [-0.05, 0) is 37.8 Å². The Morgan fingerprint density at radius 3 is 3.00 bits per heavy atom. The van der Waals surface area contributed by atoms with Crippen molar-refractivity contribution in [2.45, 2.75) is 19.8 Å². The molecule has 2 rings (SSSR count). The first-order valence-corrected chi connectivity index (χ1v) is 6.29. The molecule has 98 valence electrons. The first-order chi connectivity index (χ1) is 8.66. The van der Waals surface area contributed by atoms with Crippen LogP contribution in [0.1, 0.15) is 28.8 Å². The first-order valence-electron chi connectivity index (χ1n) is 6.29. The van der Waals surface area contributed by atoms with Gasteiger partial charge in [-0.25, -0.2) is 4.39 Å². The van der Waals surface area contributed by atoms with E-state index in [0.717, 1.165) is 18.1 Å². The van der Waals surface area contributed by atoms with Gasteiger partial charge in [-0.3, -0.25) is 4.79 Å². The molecule has 0 unspecified atom stereocenters. The number of aryl methyl sites for hydroxylation is 1. The zero-order valence-corrected chi connectivity index (χ0v) is 10.5. The molecule has 1 fully saturated rings. The van der Waals surface area contributed by atoms with Crippen LogP contribution in [0, 0.1) is 18.7 Å². The van der Waals surface area contributed by atoms with Crippen LogP contribution in [0.3, 0.4) is 0 Å². The molecular weight excluding hydrogens is 233 g/mol. The van der Waals surface area contributed by atoms with E-state index in [1.165, 1.54) is 18.9 Å². The molecule has 1 saturated carbocycles. The Balaban J connectivity index is 1.74. The molecule has 1 aliphatic carbocycles. The lowest BCUT2D eigenvalue weighted by Gasteiger charge is -2.07. The van der Waals surface area contributed by atoms with Crippen molar-refractivity contribution in [2.24, 2.45) is 5.92 Å². The van der Waals surface area contributed by atoms with Gasteiger partial charge in [0.15, 0.2) is 0 Å². The molecule has 0 aliphatic heterocycles. The van der Waals surface area contributed by atoms with E-state index < -0.39 is 5.82 Å². The minimum atomic E-state index is -0.489. The van der Waals surface area contributed by atoms with Gasteiger partial charge < -0.3 is 10.1 Å². The lowest BCUT2D eigenvalue weighted by atomic mass is 10.1. The van der Waals surface area contributed by atoms with Gasteiger partial charge in [-0.2, -0.15) is 0 Å². The molecule has 1 aromatic rings. The number of amides is 1. The van der Waals surface area contributed by atoms with E-state index >= 15 is 0 Å². The second-order valence-electron chi connectivity index (χ2n) is 4.76. The Bertz CT molecular complexity index is 430. The summed E-state index contributed by atoms with van der Waals surface area (Å²) in [6, 6.07) is 4.51. The lowest BCUT2D eigenvalue weighted by Crippen LogP contribution is -2.28. The highest BCUT2D eigenvalue weighted by atomic mass is 19.1. The van der Waals surface area contributed by atoms with Crippen molar-refractivity contribution in [3.8, 4) is 0 Å². The topological polar surface area (TPSA) is 38.3 Å². The largest absolute Gasteiger partial charge is 0.379 e. The number of halogens is 1. The smallest absolute Gasteiger partial charge is 0.254 e. The van der Waals surface area contributed by atoms with Crippen molar-refractivity contribution in [1.29, 1.82) is 0 Å². The summed E-state index contributed by atoms with van der Waals surface area (Å²) in [6.45, 7) is 3.50. The van der Waals surface area contributed by atoms with Crippen molar-refractivity contribution < 1.29 is 13.9 Å². The minimum Gasteiger partial charge on any atom is -0.379 e. The number of nitrogens with one attached hydrogen (secondary N) is 1. The fourth-order valence-corrected chi connectivity index (χ4v) is 1.68. The van der Waals surface area contributed by atoms with Gasteiger partial charge in [0.2, 0.25) is 0 Å². The van der Waals surface area contributed by atoms with Crippen LogP contribution in [-0.4, -0.2) is 25.7 Å². The summed E-state index contributed by atoms with van der Waals surface area (Å²) in [5, 5.41) is 2.66. The van der Waals surface area contributed by atoms with Gasteiger partial charge in [-0.15, -0.1) is 0 Å². The molecular formula is C14H18FNO2. The van der Waals surface area contributed by atoms with Crippen LogP contribution < -0.4 is 5.32 Å². The molecule has 1 N–H and O–H groups in total. The van der Waals surface area contributed by atoms with E-state index in [1.54, 1.807) is 12.1 Å². The summed E-state index contributed by atoms with van der Waals surface area (Å²) in [6.07, 6.45) is 2.50. The second-order valence-corrected chi connectivity index (χ2v) is 4.76. The van der Waals surface area contributed by atoms with Crippen LogP contribution in [0.4, 0.5) is 4.39 Å². The summed E-state index contributed by atoms with van der Waals surface area (Å²) in [7, 11) is 0. The molecule has 1 amide bonds. The van der Waals surface area contributed by atoms with Gasteiger partial charge >= 0.3 is 0 Å². The average Bonchev–Trinajstić information content (AvgIpc) is 3.15. The van der Waals surface area contributed by atoms with Crippen molar-refractivity contribution in [3.63, 3.8) is 0 Å². The highest BCUT2D eigenvalue weighted by Gasteiger charge is 2.20. The quantitative estimate of drug-likeness (QED) is 0.788. The predicted octanol–water partition coefficient (Wildman–Crippen LogP) is 2.29. The van der Waals surface area contributed by atoms with Crippen molar-refractivity contribution in [1.82, 2.24) is 5.32 Å². The standard InChI is InChI=1S/C14H18FNO2/c1-10-2-5-13(15)12(8-10)14(17)16-6-7-18-9-11-3-4-11/h2,5,8,11H,3-4,6-7,9H2,1H3,(H,16,17). The molecule has 3 nitrogen and oxygen atoms in total. The monoisotopic (exact) mass is 251 g/mol.